The molecule has 0 saturated heterocycles. The van der Waals surface area contributed by atoms with Gasteiger partial charge in [-0.05, 0) is 18.2 Å². The second-order valence-electron chi connectivity index (χ2n) is 3.79. The van der Waals surface area contributed by atoms with Crippen molar-refractivity contribution in [2.24, 2.45) is 0 Å². The number of anilines is 1. The number of carbonyl (C=O) groups excluding carboxylic acids is 1. The molecule has 3 rings (SSSR count). The first-order chi connectivity index (χ1) is 8.72. The maximum absolute atomic E-state index is 11.8. The Kier molecular flexibility index (Phi) is 2.53. The second kappa shape index (κ2) is 4.19. The molecule has 0 bridgehead atoms. The van der Waals surface area contributed by atoms with Crippen LogP contribution in [0, 0.1) is 0 Å². The summed E-state index contributed by atoms with van der Waals surface area (Å²) in [6.07, 6.45) is 1.55. The Balaban J connectivity index is 1.86. The standard InChI is InChI=1S/C12H9ClN4O/c13-7-5-10(14-6-7)11(18)17-12-15-8-3-1-2-4-9(8)16-12/h1-6,14H,(H2,15,16,17,18). The highest BCUT2D eigenvalue weighted by molar-refractivity contribution is 6.31. The average molecular weight is 261 g/mol. The molecule has 0 aliphatic heterocycles. The van der Waals surface area contributed by atoms with E-state index >= 15 is 0 Å². The van der Waals surface area contributed by atoms with Gasteiger partial charge in [0.05, 0.1) is 16.1 Å². The number of para-hydroxylation sites is 2. The van der Waals surface area contributed by atoms with E-state index in [0.29, 0.717) is 16.7 Å². The molecule has 0 atom stereocenters. The number of nitrogens with zero attached hydrogens (tertiary/aromatic N) is 1. The van der Waals surface area contributed by atoms with E-state index in [1.165, 1.54) is 0 Å². The van der Waals surface area contributed by atoms with Crippen molar-refractivity contribution in [1.29, 1.82) is 0 Å². The van der Waals surface area contributed by atoms with Gasteiger partial charge in [-0.1, -0.05) is 23.7 Å². The van der Waals surface area contributed by atoms with E-state index in [9.17, 15) is 4.79 Å². The molecule has 0 saturated carbocycles. The summed E-state index contributed by atoms with van der Waals surface area (Å²) in [7, 11) is 0. The molecule has 1 aromatic carbocycles. The molecule has 2 aromatic heterocycles. The van der Waals surface area contributed by atoms with Gasteiger partial charge in [0, 0.05) is 6.20 Å². The van der Waals surface area contributed by atoms with Crippen molar-refractivity contribution in [3.8, 4) is 0 Å². The summed E-state index contributed by atoms with van der Waals surface area (Å²) in [5.41, 5.74) is 2.06. The fourth-order valence-electron chi connectivity index (χ4n) is 1.69. The maximum atomic E-state index is 11.8. The van der Waals surface area contributed by atoms with Crippen LogP contribution in [-0.4, -0.2) is 20.9 Å². The molecule has 0 unspecified atom stereocenters. The fraction of sp³-hybridized carbons (Fsp3) is 0. The minimum Gasteiger partial charge on any atom is -0.356 e. The Bertz CT molecular complexity index is 683. The van der Waals surface area contributed by atoms with Gasteiger partial charge in [-0.25, -0.2) is 4.98 Å². The molecule has 3 aromatic rings. The third kappa shape index (κ3) is 1.96. The van der Waals surface area contributed by atoms with Crippen LogP contribution in [0.25, 0.3) is 11.0 Å². The molecule has 18 heavy (non-hydrogen) atoms. The van der Waals surface area contributed by atoms with Crippen LogP contribution in [0.1, 0.15) is 10.5 Å². The predicted octanol–water partition coefficient (Wildman–Crippen LogP) is 2.80. The lowest BCUT2D eigenvalue weighted by Gasteiger charge is -1.97. The van der Waals surface area contributed by atoms with Gasteiger partial charge >= 0.3 is 0 Å². The number of rotatable bonds is 2. The molecule has 5 nitrogen and oxygen atoms in total. The predicted molar refractivity (Wildman–Crippen MR) is 69.8 cm³/mol. The molecule has 0 spiro atoms. The Morgan fingerprint density at radius 1 is 1.33 bits per heavy atom. The lowest BCUT2D eigenvalue weighted by molar-refractivity contribution is 0.102. The van der Waals surface area contributed by atoms with E-state index in [2.05, 4.69) is 20.3 Å². The Morgan fingerprint density at radius 3 is 2.89 bits per heavy atom. The zero-order valence-corrected chi connectivity index (χ0v) is 9.95. The Morgan fingerprint density at radius 2 is 2.17 bits per heavy atom. The summed E-state index contributed by atoms with van der Waals surface area (Å²) in [4.78, 5) is 21.9. The number of carbonyl (C=O) groups is 1. The summed E-state index contributed by atoms with van der Waals surface area (Å²) in [5.74, 6) is 0.118. The van der Waals surface area contributed by atoms with Crippen molar-refractivity contribution in [2.75, 3.05) is 5.32 Å². The number of imidazole rings is 1. The first-order valence-corrected chi connectivity index (χ1v) is 5.70. The minimum atomic E-state index is -0.291. The van der Waals surface area contributed by atoms with Crippen LogP contribution in [0.5, 0.6) is 0 Å². The zero-order chi connectivity index (χ0) is 12.5. The lowest BCUT2D eigenvalue weighted by atomic mass is 10.3. The van der Waals surface area contributed by atoms with E-state index in [1.54, 1.807) is 12.3 Å². The van der Waals surface area contributed by atoms with Crippen LogP contribution in [-0.2, 0) is 0 Å². The normalized spacial score (nSPS) is 10.7. The third-order valence-electron chi connectivity index (χ3n) is 2.51. The quantitative estimate of drug-likeness (QED) is 0.663. The van der Waals surface area contributed by atoms with Crippen molar-refractivity contribution in [3.63, 3.8) is 0 Å². The number of halogens is 1. The number of nitrogens with one attached hydrogen (secondary N) is 3. The smallest absolute Gasteiger partial charge is 0.274 e. The summed E-state index contributed by atoms with van der Waals surface area (Å²) in [6.45, 7) is 0. The monoisotopic (exact) mass is 260 g/mol. The number of hydrogen-bond donors (Lipinski definition) is 3. The zero-order valence-electron chi connectivity index (χ0n) is 9.20. The lowest BCUT2D eigenvalue weighted by Crippen LogP contribution is -2.13. The molecule has 0 aliphatic rings. The van der Waals surface area contributed by atoms with Crippen LogP contribution in [0.3, 0.4) is 0 Å². The van der Waals surface area contributed by atoms with E-state index < -0.39 is 0 Å². The van der Waals surface area contributed by atoms with Gasteiger partial charge in [-0.2, -0.15) is 0 Å². The maximum Gasteiger partial charge on any atom is 0.274 e. The molecule has 3 N–H and O–H groups in total. The SMILES string of the molecule is O=C(Nc1nc2ccccc2[nH]1)c1cc(Cl)c[nH]1. The first-order valence-electron chi connectivity index (χ1n) is 5.32. The number of fused-ring (bicyclic) bond motifs is 1. The van der Waals surface area contributed by atoms with Gasteiger partial charge in [0.1, 0.15) is 5.69 Å². The van der Waals surface area contributed by atoms with Crippen LogP contribution in [0.4, 0.5) is 5.95 Å². The highest BCUT2D eigenvalue weighted by Gasteiger charge is 2.10. The second-order valence-corrected chi connectivity index (χ2v) is 4.22. The van der Waals surface area contributed by atoms with Crippen molar-refractivity contribution < 1.29 is 4.79 Å². The fourth-order valence-corrected chi connectivity index (χ4v) is 1.85. The van der Waals surface area contributed by atoms with Gasteiger partial charge in [0.15, 0.2) is 0 Å². The van der Waals surface area contributed by atoms with Crippen molar-refractivity contribution in [3.05, 3.63) is 47.2 Å². The van der Waals surface area contributed by atoms with Gasteiger partial charge < -0.3 is 9.97 Å². The summed E-state index contributed by atoms with van der Waals surface area (Å²) < 4.78 is 0. The molecule has 2 heterocycles. The number of H-pyrrole nitrogens is 2. The molecular formula is C12H9ClN4O. The number of benzene rings is 1. The number of aromatic amines is 2. The highest BCUT2D eigenvalue weighted by atomic mass is 35.5. The van der Waals surface area contributed by atoms with E-state index in [4.69, 9.17) is 11.6 Å². The van der Waals surface area contributed by atoms with Crippen molar-refractivity contribution >= 4 is 34.5 Å². The molecular weight excluding hydrogens is 252 g/mol. The minimum absolute atomic E-state index is 0.291. The van der Waals surface area contributed by atoms with Crippen LogP contribution in [0.2, 0.25) is 5.02 Å². The Labute approximate surface area is 107 Å². The van der Waals surface area contributed by atoms with Gasteiger partial charge in [-0.3, -0.25) is 10.1 Å². The first kappa shape index (κ1) is 10.9. The highest BCUT2D eigenvalue weighted by Crippen LogP contribution is 2.15. The number of aromatic nitrogens is 3. The molecule has 0 radical (unpaired) electrons. The van der Waals surface area contributed by atoms with Crippen LogP contribution < -0.4 is 5.32 Å². The average Bonchev–Trinajstić information content (AvgIpc) is 2.94. The molecule has 0 fully saturated rings. The number of amides is 1. The summed E-state index contributed by atoms with van der Waals surface area (Å²) in [6, 6.07) is 9.10. The van der Waals surface area contributed by atoms with Gasteiger partial charge in [-0.15, -0.1) is 0 Å². The van der Waals surface area contributed by atoms with Crippen LogP contribution in [0.15, 0.2) is 36.5 Å². The number of hydrogen-bond acceptors (Lipinski definition) is 2. The third-order valence-corrected chi connectivity index (χ3v) is 2.73. The van der Waals surface area contributed by atoms with Gasteiger partial charge in [0.25, 0.3) is 5.91 Å². The molecule has 0 aliphatic carbocycles. The van der Waals surface area contributed by atoms with E-state index in [0.717, 1.165) is 11.0 Å². The van der Waals surface area contributed by atoms with Crippen molar-refractivity contribution in [1.82, 2.24) is 15.0 Å². The largest absolute Gasteiger partial charge is 0.356 e. The van der Waals surface area contributed by atoms with Crippen LogP contribution >= 0.6 is 11.6 Å². The summed E-state index contributed by atoms with van der Waals surface area (Å²) in [5, 5.41) is 3.16. The molecule has 6 heteroatoms. The van der Waals surface area contributed by atoms with E-state index in [-0.39, 0.29) is 5.91 Å². The van der Waals surface area contributed by atoms with Crippen molar-refractivity contribution in [2.45, 2.75) is 0 Å². The Hall–Kier alpha value is -2.27. The van der Waals surface area contributed by atoms with E-state index in [1.807, 2.05) is 24.3 Å². The van der Waals surface area contributed by atoms with Gasteiger partial charge in [0.2, 0.25) is 5.95 Å². The summed E-state index contributed by atoms with van der Waals surface area (Å²) >= 11 is 5.74. The topological polar surface area (TPSA) is 73.6 Å². The molecule has 90 valence electrons. The molecule has 1 amide bonds.